The van der Waals surface area contributed by atoms with Crippen LogP contribution in [0.4, 0.5) is 0 Å². The topological polar surface area (TPSA) is 34.9 Å². The SMILES string of the molecule is Cc1cscc1C(=O)c1ccnn1-c1ccccc1. The van der Waals surface area contributed by atoms with E-state index in [1.807, 2.05) is 48.0 Å². The predicted molar refractivity (Wildman–Crippen MR) is 76.1 cm³/mol. The first-order valence-corrected chi connectivity index (χ1v) is 6.88. The van der Waals surface area contributed by atoms with Gasteiger partial charge in [-0.05, 0) is 36.1 Å². The van der Waals surface area contributed by atoms with Gasteiger partial charge < -0.3 is 0 Å². The molecule has 0 saturated carbocycles. The lowest BCUT2D eigenvalue weighted by molar-refractivity contribution is 0.103. The van der Waals surface area contributed by atoms with Crippen molar-refractivity contribution in [3.63, 3.8) is 0 Å². The van der Waals surface area contributed by atoms with Crippen LogP contribution in [-0.4, -0.2) is 15.6 Å². The van der Waals surface area contributed by atoms with Crippen molar-refractivity contribution in [2.24, 2.45) is 0 Å². The summed E-state index contributed by atoms with van der Waals surface area (Å²) in [4.78, 5) is 12.5. The lowest BCUT2D eigenvalue weighted by atomic mass is 10.1. The quantitative estimate of drug-likeness (QED) is 0.682. The van der Waals surface area contributed by atoms with Crippen LogP contribution in [0.3, 0.4) is 0 Å². The average molecular weight is 268 g/mol. The largest absolute Gasteiger partial charge is 0.287 e. The van der Waals surface area contributed by atoms with Gasteiger partial charge in [-0.2, -0.15) is 16.4 Å². The number of para-hydroxylation sites is 1. The Kier molecular flexibility index (Phi) is 3.01. The number of hydrogen-bond donors (Lipinski definition) is 0. The zero-order valence-corrected chi connectivity index (χ0v) is 11.2. The number of aromatic nitrogens is 2. The maximum atomic E-state index is 12.5. The number of rotatable bonds is 3. The smallest absolute Gasteiger partial charge is 0.212 e. The zero-order valence-electron chi connectivity index (χ0n) is 10.4. The molecule has 2 aromatic heterocycles. The number of nitrogens with zero attached hydrogens (tertiary/aromatic N) is 2. The zero-order chi connectivity index (χ0) is 13.2. The lowest BCUT2D eigenvalue weighted by Gasteiger charge is -2.06. The molecule has 0 radical (unpaired) electrons. The molecule has 0 aliphatic rings. The first-order chi connectivity index (χ1) is 9.27. The molecule has 19 heavy (non-hydrogen) atoms. The molecule has 4 heteroatoms. The fraction of sp³-hybridized carbons (Fsp3) is 0.0667. The van der Waals surface area contributed by atoms with Crippen LogP contribution in [-0.2, 0) is 0 Å². The molecule has 0 saturated heterocycles. The Balaban J connectivity index is 2.06. The summed E-state index contributed by atoms with van der Waals surface area (Å²) < 4.78 is 1.68. The molecule has 3 nitrogen and oxygen atoms in total. The van der Waals surface area contributed by atoms with Gasteiger partial charge in [0, 0.05) is 10.9 Å². The Morgan fingerprint density at radius 1 is 1.16 bits per heavy atom. The molecule has 1 aromatic carbocycles. The number of aryl methyl sites for hydroxylation is 1. The van der Waals surface area contributed by atoms with E-state index in [0.717, 1.165) is 16.8 Å². The van der Waals surface area contributed by atoms with Crippen LogP contribution in [0.25, 0.3) is 5.69 Å². The van der Waals surface area contributed by atoms with Crippen LogP contribution in [0.5, 0.6) is 0 Å². The summed E-state index contributed by atoms with van der Waals surface area (Å²) in [6, 6.07) is 11.4. The predicted octanol–water partition coefficient (Wildman–Crippen LogP) is 3.47. The van der Waals surface area contributed by atoms with Gasteiger partial charge in [0.25, 0.3) is 0 Å². The normalized spacial score (nSPS) is 10.6. The molecular formula is C15H12N2OS. The van der Waals surface area contributed by atoms with E-state index in [1.165, 1.54) is 0 Å². The molecule has 0 bridgehead atoms. The monoisotopic (exact) mass is 268 g/mol. The van der Waals surface area contributed by atoms with Crippen molar-refractivity contribution in [3.05, 3.63) is 70.2 Å². The summed E-state index contributed by atoms with van der Waals surface area (Å²) in [6.07, 6.45) is 1.65. The van der Waals surface area contributed by atoms with Crippen molar-refractivity contribution in [2.75, 3.05) is 0 Å². The van der Waals surface area contributed by atoms with E-state index in [0.29, 0.717) is 5.69 Å². The second-order valence-corrected chi connectivity index (χ2v) is 5.00. The number of ketones is 1. The molecule has 0 atom stereocenters. The van der Waals surface area contributed by atoms with Crippen molar-refractivity contribution in [3.8, 4) is 5.69 Å². The first-order valence-electron chi connectivity index (χ1n) is 5.94. The van der Waals surface area contributed by atoms with E-state index in [2.05, 4.69) is 5.10 Å². The van der Waals surface area contributed by atoms with Crippen LogP contribution in [0.2, 0.25) is 0 Å². The fourth-order valence-corrected chi connectivity index (χ4v) is 2.81. The van der Waals surface area contributed by atoms with Crippen LogP contribution in [0, 0.1) is 6.92 Å². The summed E-state index contributed by atoms with van der Waals surface area (Å²) in [5.74, 6) is 0.0140. The van der Waals surface area contributed by atoms with E-state index in [-0.39, 0.29) is 5.78 Å². The second-order valence-electron chi connectivity index (χ2n) is 4.26. The molecule has 0 aliphatic heterocycles. The van der Waals surface area contributed by atoms with Crippen LogP contribution < -0.4 is 0 Å². The molecule has 94 valence electrons. The molecule has 0 spiro atoms. The van der Waals surface area contributed by atoms with Gasteiger partial charge in [-0.15, -0.1) is 0 Å². The molecule has 0 unspecified atom stereocenters. The number of carbonyl (C=O) groups is 1. The van der Waals surface area contributed by atoms with Gasteiger partial charge in [-0.3, -0.25) is 4.79 Å². The van der Waals surface area contributed by atoms with E-state index >= 15 is 0 Å². The minimum Gasteiger partial charge on any atom is -0.287 e. The maximum Gasteiger partial charge on any atom is 0.212 e. The van der Waals surface area contributed by atoms with Crippen molar-refractivity contribution in [1.29, 1.82) is 0 Å². The van der Waals surface area contributed by atoms with Crippen molar-refractivity contribution < 1.29 is 4.79 Å². The maximum absolute atomic E-state index is 12.5. The molecule has 0 N–H and O–H groups in total. The van der Waals surface area contributed by atoms with Crippen molar-refractivity contribution in [2.45, 2.75) is 6.92 Å². The second kappa shape index (κ2) is 4.82. The first kappa shape index (κ1) is 11.9. The van der Waals surface area contributed by atoms with Crippen LogP contribution >= 0.6 is 11.3 Å². The van der Waals surface area contributed by atoms with Crippen LogP contribution in [0.1, 0.15) is 21.6 Å². The van der Waals surface area contributed by atoms with E-state index in [1.54, 1.807) is 28.3 Å². The highest BCUT2D eigenvalue weighted by Crippen LogP contribution is 2.19. The third-order valence-corrected chi connectivity index (χ3v) is 3.84. The Morgan fingerprint density at radius 2 is 1.95 bits per heavy atom. The summed E-state index contributed by atoms with van der Waals surface area (Å²) in [7, 11) is 0. The fourth-order valence-electron chi connectivity index (χ4n) is 1.98. The van der Waals surface area contributed by atoms with Gasteiger partial charge in [-0.25, -0.2) is 4.68 Å². The van der Waals surface area contributed by atoms with Gasteiger partial charge >= 0.3 is 0 Å². The van der Waals surface area contributed by atoms with Crippen molar-refractivity contribution in [1.82, 2.24) is 9.78 Å². The van der Waals surface area contributed by atoms with Gasteiger partial charge in [0.1, 0.15) is 5.69 Å². The van der Waals surface area contributed by atoms with E-state index in [9.17, 15) is 4.79 Å². The summed E-state index contributed by atoms with van der Waals surface area (Å²) in [6.45, 7) is 1.95. The minimum atomic E-state index is 0.0140. The number of hydrogen-bond acceptors (Lipinski definition) is 3. The van der Waals surface area contributed by atoms with Crippen molar-refractivity contribution >= 4 is 17.1 Å². The molecule has 3 rings (SSSR count). The molecule has 0 fully saturated rings. The summed E-state index contributed by atoms with van der Waals surface area (Å²) in [5, 5.41) is 8.12. The molecule has 2 heterocycles. The van der Waals surface area contributed by atoms with Crippen LogP contribution in [0.15, 0.2) is 53.4 Å². The van der Waals surface area contributed by atoms with Gasteiger partial charge in [0.05, 0.1) is 11.9 Å². The number of thiophene rings is 1. The Labute approximate surface area is 115 Å². The summed E-state index contributed by atoms with van der Waals surface area (Å²) >= 11 is 1.54. The number of carbonyl (C=O) groups excluding carboxylic acids is 1. The summed E-state index contributed by atoms with van der Waals surface area (Å²) in [5.41, 5.74) is 3.25. The molecule has 0 aliphatic carbocycles. The highest BCUT2D eigenvalue weighted by atomic mass is 32.1. The van der Waals surface area contributed by atoms with Gasteiger partial charge in [-0.1, -0.05) is 18.2 Å². The Hall–Kier alpha value is -2.20. The molecular weight excluding hydrogens is 256 g/mol. The van der Waals surface area contributed by atoms with E-state index < -0.39 is 0 Å². The Bertz CT molecular complexity index is 713. The third-order valence-electron chi connectivity index (χ3n) is 2.98. The molecule has 3 aromatic rings. The Morgan fingerprint density at radius 3 is 2.63 bits per heavy atom. The third kappa shape index (κ3) is 2.11. The average Bonchev–Trinajstić information content (AvgIpc) is 3.07. The standard InChI is InChI=1S/C15H12N2OS/c1-11-9-19-10-13(11)15(18)14-7-8-16-17(14)12-5-3-2-4-6-12/h2-10H,1H3. The minimum absolute atomic E-state index is 0.0140. The van der Waals surface area contributed by atoms with Gasteiger partial charge in [0.2, 0.25) is 5.78 Å². The molecule has 0 amide bonds. The van der Waals surface area contributed by atoms with E-state index in [4.69, 9.17) is 0 Å². The highest BCUT2D eigenvalue weighted by Gasteiger charge is 2.17. The lowest BCUT2D eigenvalue weighted by Crippen LogP contribution is -2.10. The number of benzene rings is 1. The van der Waals surface area contributed by atoms with Gasteiger partial charge in [0.15, 0.2) is 0 Å². The highest BCUT2D eigenvalue weighted by molar-refractivity contribution is 7.08.